The van der Waals surface area contributed by atoms with Gasteiger partial charge in [0.15, 0.2) is 0 Å². The van der Waals surface area contributed by atoms with Gasteiger partial charge in [0.2, 0.25) is 5.91 Å². The first kappa shape index (κ1) is 30.9. The van der Waals surface area contributed by atoms with E-state index in [1.165, 1.54) is 37.7 Å². The van der Waals surface area contributed by atoms with Gasteiger partial charge in [0.1, 0.15) is 11.4 Å². The Hall–Kier alpha value is -3.06. The van der Waals surface area contributed by atoms with Gasteiger partial charge in [0.25, 0.3) is 0 Å². The third-order valence-electron chi connectivity index (χ3n) is 8.49. The van der Waals surface area contributed by atoms with Crippen LogP contribution in [-0.4, -0.2) is 66.2 Å². The summed E-state index contributed by atoms with van der Waals surface area (Å²) in [6, 6.07) is 18.5. The number of primary amides is 1. The van der Waals surface area contributed by atoms with E-state index in [4.69, 9.17) is 15.2 Å². The van der Waals surface area contributed by atoms with Crippen LogP contribution in [0, 0.1) is 5.92 Å². The van der Waals surface area contributed by atoms with Crippen LogP contribution in [0.4, 0.5) is 4.79 Å². The smallest absolute Gasteiger partial charge is 0.410 e. The quantitative estimate of drug-likeness (QED) is 0.311. The van der Waals surface area contributed by atoms with E-state index >= 15 is 0 Å². The van der Waals surface area contributed by atoms with E-state index in [-0.39, 0.29) is 6.09 Å². The minimum Gasteiger partial charge on any atom is -0.494 e. The van der Waals surface area contributed by atoms with Crippen molar-refractivity contribution in [3.05, 3.63) is 65.7 Å². The Morgan fingerprint density at radius 1 is 0.976 bits per heavy atom. The summed E-state index contributed by atoms with van der Waals surface area (Å²) in [7, 11) is 0. The maximum Gasteiger partial charge on any atom is 0.410 e. The molecule has 41 heavy (non-hydrogen) atoms. The molecule has 7 heteroatoms. The lowest BCUT2D eigenvalue weighted by atomic mass is 9.76. The van der Waals surface area contributed by atoms with Gasteiger partial charge in [-0.2, -0.15) is 0 Å². The number of carbonyl (C=O) groups is 2. The molecule has 0 bridgehead atoms. The van der Waals surface area contributed by atoms with Gasteiger partial charge in [-0.3, -0.25) is 9.69 Å². The molecule has 2 aliphatic rings. The Labute approximate surface area is 246 Å². The maximum atomic E-state index is 12.7. The lowest BCUT2D eigenvalue weighted by molar-refractivity contribution is 0.0130. The van der Waals surface area contributed by atoms with Gasteiger partial charge in [0, 0.05) is 37.8 Å². The molecular formula is C34H49N3O4. The Balaban J connectivity index is 1.44. The highest BCUT2D eigenvalue weighted by Crippen LogP contribution is 2.37. The zero-order valence-electron chi connectivity index (χ0n) is 25.2. The number of carbonyl (C=O) groups excluding carboxylic acids is 2. The fourth-order valence-electron chi connectivity index (χ4n) is 6.38. The van der Waals surface area contributed by atoms with Crippen molar-refractivity contribution in [3.63, 3.8) is 0 Å². The van der Waals surface area contributed by atoms with Crippen LogP contribution in [0.5, 0.6) is 5.75 Å². The average molecular weight is 564 g/mol. The van der Waals surface area contributed by atoms with E-state index in [9.17, 15) is 9.59 Å². The molecule has 2 amide bonds. The molecule has 1 heterocycles. The van der Waals surface area contributed by atoms with Gasteiger partial charge in [-0.1, -0.05) is 55.7 Å². The van der Waals surface area contributed by atoms with Crippen molar-refractivity contribution in [2.45, 2.75) is 89.7 Å². The monoisotopic (exact) mass is 563 g/mol. The van der Waals surface area contributed by atoms with Crippen LogP contribution in [0.2, 0.25) is 0 Å². The van der Waals surface area contributed by atoms with Crippen LogP contribution < -0.4 is 10.5 Å². The molecule has 2 aromatic carbocycles. The maximum absolute atomic E-state index is 12.7. The molecule has 7 nitrogen and oxygen atoms in total. The number of piperidine rings is 1. The van der Waals surface area contributed by atoms with E-state index in [1.807, 2.05) is 31.7 Å². The van der Waals surface area contributed by atoms with Gasteiger partial charge < -0.3 is 20.1 Å². The van der Waals surface area contributed by atoms with Crippen molar-refractivity contribution in [3.8, 4) is 5.75 Å². The first-order valence-corrected chi connectivity index (χ1v) is 15.5. The summed E-state index contributed by atoms with van der Waals surface area (Å²) in [5, 5.41) is 0. The molecule has 0 spiro atoms. The summed E-state index contributed by atoms with van der Waals surface area (Å²) >= 11 is 0. The summed E-state index contributed by atoms with van der Waals surface area (Å²) in [4.78, 5) is 28.8. The van der Waals surface area contributed by atoms with Crippen LogP contribution in [0.15, 0.2) is 54.6 Å². The Kier molecular flexibility index (Phi) is 11.1. The zero-order chi connectivity index (χ0) is 29.2. The second-order valence-corrected chi connectivity index (χ2v) is 12.7. The number of amides is 2. The summed E-state index contributed by atoms with van der Waals surface area (Å²) in [5.41, 5.74) is 6.85. The van der Waals surface area contributed by atoms with E-state index in [1.54, 1.807) is 18.2 Å². The van der Waals surface area contributed by atoms with Gasteiger partial charge in [-0.05, 0) is 88.5 Å². The van der Waals surface area contributed by atoms with Crippen LogP contribution in [0.1, 0.15) is 94.0 Å². The largest absolute Gasteiger partial charge is 0.494 e. The van der Waals surface area contributed by atoms with Gasteiger partial charge in [0.05, 0.1) is 6.61 Å². The fraction of sp³-hybridized carbons (Fsp3) is 0.588. The highest BCUT2D eigenvalue weighted by Gasteiger charge is 2.33. The normalized spacial score (nSPS) is 17.8. The number of ether oxygens (including phenoxy) is 2. The second-order valence-electron chi connectivity index (χ2n) is 12.7. The van der Waals surface area contributed by atoms with Crippen molar-refractivity contribution < 1.29 is 19.1 Å². The highest BCUT2D eigenvalue weighted by atomic mass is 16.6. The molecule has 2 fully saturated rings. The number of hydrogen-bond acceptors (Lipinski definition) is 5. The summed E-state index contributed by atoms with van der Waals surface area (Å²) < 4.78 is 11.7. The minimum atomic E-state index is -0.486. The lowest BCUT2D eigenvalue weighted by Gasteiger charge is -2.42. The van der Waals surface area contributed by atoms with Gasteiger partial charge in [-0.15, -0.1) is 0 Å². The average Bonchev–Trinajstić information content (AvgIpc) is 2.97. The number of rotatable bonds is 11. The first-order chi connectivity index (χ1) is 19.7. The lowest BCUT2D eigenvalue weighted by Crippen LogP contribution is -2.49. The molecule has 0 radical (unpaired) electrons. The van der Waals surface area contributed by atoms with E-state index in [0.717, 1.165) is 32.4 Å². The summed E-state index contributed by atoms with van der Waals surface area (Å²) in [6.07, 6.45) is 9.12. The van der Waals surface area contributed by atoms with Crippen molar-refractivity contribution >= 4 is 12.0 Å². The Morgan fingerprint density at radius 2 is 1.68 bits per heavy atom. The van der Waals surface area contributed by atoms with Crippen molar-refractivity contribution in [1.29, 1.82) is 0 Å². The molecule has 1 saturated heterocycles. The number of nitrogens with zero attached hydrogens (tertiary/aromatic N) is 2. The van der Waals surface area contributed by atoms with Gasteiger partial charge >= 0.3 is 6.09 Å². The zero-order valence-corrected chi connectivity index (χ0v) is 25.2. The SMILES string of the molecule is CC(C)(C)OC(=O)N1CCC(N(CCCOc2cccc(C(N)=O)c2)CC(c2ccccc2)C2CCCCC2)CC1. The first-order valence-electron chi connectivity index (χ1n) is 15.5. The van der Waals surface area contributed by atoms with E-state index in [2.05, 4.69) is 35.2 Å². The molecule has 2 aromatic rings. The van der Waals surface area contributed by atoms with E-state index in [0.29, 0.717) is 48.9 Å². The predicted octanol–water partition coefficient (Wildman–Crippen LogP) is 6.62. The number of nitrogens with two attached hydrogens (primary N) is 1. The summed E-state index contributed by atoms with van der Waals surface area (Å²) in [6.45, 7) is 9.68. The standard InChI is InChI=1S/C34H49N3O4/c1-34(2,3)41-33(39)36-21-18-29(19-22-36)37(20-11-23-40-30-17-10-16-28(24-30)32(35)38)25-31(26-12-6-4-7-13-26)27-14-8-5-9-15-27/h4,6-7,10,12-13,16-17,24,27,29,31H,5,8-9,11,14-15,18-23,25H2,1-3H3,(H2,35,38). The number of likely N-dealkylation sites (tertiary alicyclic amines) is 1. The third-order valence-corrected chi connectivity index (χ3v) is 8.49. The molecule has 1 unspecified atom stereocenters. The fourth-order valence-corrected chi connectivity index (χ4v) is 6.38. The topological polar surface area (TPSA) is 85.1 Å². The molecule has 0 aromatic heterocycles. The van der Waals surface area contributed by atoms with Crippen LogP contribution in [0.3, 0.4) is 0 Å². The molecule has 4 rings (SSSR count). The third kappa shape index (κ3) is 9.49. The highest BCUT2D eigenvalue weighted by molar-refractivity contribution is 5.93. The molecular weight excluding hydrogens is 514 g/mol. The molecule has 1 aliphatic carbocycles. The van der Waals surface area contributed by atoms with Crippen molar-refractivity contribution in [2.24, 2.45) is 11.7 Å². The van der Waals surface area contributed by atoms with Gasteiger partial charge in [-0.25, -0.2) is 4.79 Å². The van der Waals surface area contributed by atoms with Crippen LogP contribution >= 0.6 is 0 Å². The molecule has 1 aliphatic heterocycles. The minimum absolute atomic E-state index is 0.210. The number of benzene rings is 2. The van der Waals surface area contributed by atoms with E-state index < -0.39 is 11.5 Å². The Morgan fingerprint density at radius 3 is 2.34 bits per heavy atom. The van der Waals surface area contributed by atoms with Crippen molar-refractivity contribution in [1.82, 2.24) is 9.80 Å². The molecule has 2 N–H and O–H groups in total. The predicted molar refractivity (Wildman–Crippen MR) is 163 cm³/mol. The Bertz CT molecular complexity index is 1100. The molecule has 1 atom stereocenters. The summed E-state index contributed by atoms with van der Waals surface area (Å²) in [5.74, 6) is 1.41. The molecule has 224 valence electrons. The number of hydrogen-bond donors (Lipinski definition) is 1. The second kappa shape index (κ2) is 14.7. The van der Waals surface area contributed by atoms with Crippen LogP contribution in [-0.2, 0) is 4.74 Å². The molecule has 1 saturated carbocycles. The van der Waals surface area contributed by atoms with Crippen LogP contribution in [0.25, 0.3) is 0 Å². The van der Waals surface area contributed by atoms with Crippen molar-refractivity contribution in [2.75, 3.05) is 32.8 Å².